The Hall–Kier alpha value is -0.800. The highest BCUT2D eigenvalue weighted by molar-refractivity contribution is 7.89. The van der Waals surface area contributed by atoms with Gasteiger partial charge in [-0.1, -0.05) is 6.92 Å². The zero-order valence-corrected chi connectivity index (χ0v) is 13.6. The summed E-state index contributed by atoms with van der Waals surface area (Å²) < 4.78 is 27.2. The number of rotatable bonds is 8. The largest absolute Gasteiger partial charge is 0.312 e. The fraction of sp³-hybridized carbons (Fsp3) is 0.417. The van der Waals surface area contributed by atoms with E-state index in [4.69, 9.17) is 0 Å². The summed E-state index contributed by atoms with van der Waals surface area (Å²) in [4.78, 5) is 5.27. The van der Waals surface area contributed by atoms with Crippen LogP contribution in [0, 0.1) is 0 Å². The SMILES string of the molecule is CCCNCc1sccc1S(=O)(=O)NCc1nccs1. The zero-order chi connectivity index (χ0) is 14.4. The molecule has 20 heavy (non-hydrogen) atoms. The number of thiazole rings is 1. The van der Waals surface area contributed by atoms with E-state index in [0.717, 1.165) is 22.9 Å². The van der Waals surface area contributed by atoms with Crippen molar-refractivity contribution in [1.82, 2.24) is 15.0 Å². The van der Waals surface area contributed by atoms with E-state index in [2.05, 4.69) is 21.9 Å². The molecule has 0 aliphatic rings. The van der Waals surface area contributed by atoms with Crippen LogP contribution in [0.4, 0.5) is 0 Å². The molecule has 5 nitrogen and oxygen atoms in total. The second-order valence-corrected chi connectivity index (χ2v) is 7.85. The summed E-state index contributed by atoms with van der Waals surface area (Å²) in [6, 6.07) is 1.65. The monoisotopic (exact) mass is 331 g/mol. The molecule has 0 bridgehead atoms. The normalized spacial score (nSPS) is 11.8. The predicted molar refractivity (Wildman–Crippen MR) is 82.5 cm³/mol. The van der Waals surface area contributed by atoms with Crippen LogP contribution in [0.15, 0.2) is 27.9 Å². The van der Waals surface area contributed by atoms with Crippen molar-refractivity contribution < 1.29 is 8.42 Å². The minimum Gasteiger partial charge on any atom is -0.312 e. The Morgan fingerprint density at radius 3 is 2.80 bits per heavy atom. The first-order valence-electron chi connectivity index (χ1n) is 6.28. The van der Waals surface area contributed by atoms with Gasteiger partial charge in [-0.05, 0) is 24.4 Å². The smallest absolute Gasteiger partial charge is 0.242 e. The number of hydrogen-bond donors (Lipinski definition) is 2. The standard InChI is InChI=1S/C12H17N3O2S3/c1-2-4-13-8-10-11(3-6-18-10)20(16,17)15-9-12-14-5-7-19-12/h3,5-7,13,15H,2,4,8-9H2,1H3. The quantitative estimate of drug-likeness (QED) is 0.727. The Kier molecular flexibility index (Phi) is 5.67. The molecule has 0 saturated heterocycles. The van der Waals surface area contributed by atoms with Crippen LogP contribution >= 0.6 is 22.7 Å². The van der Waals surface area contributed by atoms with E-state index in [0.29, 0.717) is 11.4 Å². The number of thiophene rings is 1. The Morgan fingerprint density at radius 1 is 1.25 bits per heavy atom. The average Bonchev–Trinajstić information content (AvgIpc) is 3.08. The second kappa shape index (κ2) is 7.28. The van der Waals surface area contributed by atoms with E-state index in [1.165, 1.54) is 22.7 Å². The molecular weight excluding hydrogens is 314 g/mol. The molecule has 2 heterocycles. The van der Waals surface area contributed by atoms with Crippen molar-refractivity contribution in [2.75, 3.05) is 6.54 Å². The van der Waals surface area contributed by atoms with Crippen molar-refractivity contribution in [2.45, 2.75) is 31.3 Å². The molecule has 2 aromatic heterocycles. The van der Waals surface area contributed by atoms with Gasteiger partial charge in [0.05, 0.1) is 11.4 Å². The van der Waals surface area contributed by atoms with Crippen LogP contribution < -0.4 is 10.0 Å². The Bertz CT molecular complexity index is 620. The summed E-state index contributed by atoms with van der Waals surface area (Å²) in [5, 5.41) is 7.62. The third kappa shape index (κ3) is 4.10. The lowest BCUT2D eigenvalue weighted by Gasteiger charge is -2.07. The molecule has 0 radical (unpaired) electrons. The first kappa shape index (κ1) is 15.6. The third-order valence-electron chi connectivity index (χ3n) is 2.60. The average molecular weight is 331 g/mol. The van der Waals surface area contributed by atoms with Crippen LogP contribution in [0.5, 0.6) is 0 Å². The van der Waals surface area contributed by atoms with Crippen molar-refractivity contribution in [2.24, 2.45) is 0 Å². The van der Waals surface area contributed by atoms with Gasteiger partial charge in [0.2, 0.25) is 10.0 Å². The van der Waals surface area contributed by atoms with Crippen molar-refractivity contribution in [3.05, 3.63) is 32.9 Å². The highest BCUT2D eigenvalue weighted by Gasteiger charge is 2.19. The van der Waals surface area contributed by atoms with Crippen LogP contribution in [0.3, 0.4) is 0 Å². The lowest BCUT2D eigenvalue weighted by Crippen LogP contribution is -2.24. The van der Waals surface area contributed by atoms with Gasteiger partial charge in [0, 0.05) is 23.0 Å². The molecule has 0 aliphatic carbocycles. The number of nitrogens with zero attached hydrogens (tertiary/aromatic N) is 1. The molecule has 0 saturated carbocycles. The third-order valence-corrected chi connectivity index (χ3v) is 5.92. The number of hydrogen-bond acceptors (Lipinski definition) is 6. The highest BCUT2D eigenvalue weighted by Crippen LogP contribution is 2.22. The number of aromatic nitrogens is 1. The number of sulfonamides is 1. The molecule has 0 aliphatic heterocycles. The summed E-state index contributed by atoms with van der Waals surface area (Å²) in [7, 11) is -3.47. The minimum absolute atomic E-state index is 0.234. The summed E-state index contributed by atoms with van der Waals surface area (Å²) in [6.07, 6.45) is 2.69. The highest BCUT2D eigenvalue weighted by atomic mass is 32.2. The molecular formula is C12H17N3O2S3. The van der Waals surface area contributed by atoms with Crippen molar-refractivity contribution in [3.8, 4) is 0 Å². The molecule has 0 fully saturated rings. The maximum atomic E-state index is 12.3. The first-order chi connectivity index (χ1) is 9.63. The first-order valence-corrected chi connectivity index (χ1v) is 9.53. The molecule has 0 aromatic carbocycles. The summed E-state index contributed by atoms with van der Waals surface area (Å²) in [6.45, 7) is 3.77. The summed E-state index contributed by atoms with van der Waals surface area (Å²) in [5.41, 5.74) is 0. The Labute approximate surface area is 127 Å². The van der Waals surface area contributed by atoms with Crippen LogP contribution in [0.2, 0.25) is 0 Å². The summed E-state index contributed by atoms with van der Waals surface area (Å²) >= 11 is 2.89. The topological polar surface area (TPSA) is 71.1 Å². The lowest BCUT2D eigenvalue weighted by molar-refractivity contribution is 0.579. The second-order valence-electron chi connectivity index (χ2n) is 4.14. The van der Waals surface area contributed by atoms with Crippen LogP contribution in [-0.4, -0.2) is 19.9 Å². The van der Waals surface area contributed by atoms with Crippen molar-refractivity contribution in [1.29, 1.82) is 0 Å². The molecule has 110 valence electrons. The zero-order valence-electron chi connectivity index (χ0n) is 11.1. The van der Waals surface area contributed by atoms with Gasteiger partial charge in [0.25, 0.3) is 0 Å². The Balaban J connectivity index is 2.03. The van der Waals surface area contributed by atoms with Gasteiger partial charge in [-0.25, -0.2) is 18.1 Å². The lowest BCUT2D eigenvalue weighted by atomic mass is 10.4. The van der Waals surface area contributed by atoms with Gasteiger partial charge in [-0.3, -0.25) is 0 Å². The molecule has 0 unspecified atom stereocenters. The van der Waals surface area contributed by atoms with Gasteiger partial charge in [0.1, 0.15) is 5.01 Å². The van der Waals surface area contributed by atoms with Gasteiger partial charge in [-0.15, -0.1) is 22.7 Å². The molecule has 0 spiro atoms. The van der Waals surface area contributed by atoms with E-state index in [1.54, 1.807) is 17.6 Å². The van der Waals surface area contributed by atoms with E-state index < -0.39 is 10.0 Å². The van der Waals surface area contributed by atoms with Gasteiger partial charge >= 0.3 is 0 Å². The maximum Gasteiger partial charge on any atom is 0.242 e. The van der Waals surface area contributed by atoms with Crippen molar-refractivity contribution in [3.63, 3.8) is 0 Å². The van der Waals surface area contributed by atoms with Gasteiger partial charge in [0.15, 0.2) is 0 Å². The Morgan fingerprint density at radius 2 is 2.10 bits per heavy atom. The maximum absolute atomic E-state index is 12.3. The van der Waals surface area contributed by atoms with E-state index >= 15 is 0 Å². The van der Waals surface area contributed by atoms with Crippen LogP contribution in [0.1, 0.15) is 23.2 Å². The van der Waals surface area contributed by atoms with Crippen molar-refractivity contribution >= 4 is 32.7 Å². The molecule has 2 rings (SSSR count). The van der Waals surface area contributed by atoms with Gasteiger partial charge in [-0.2, -0.15) is 0 Å². The van der Waals surface area contributed by atoms with Crippen LogP contribution in [-0.2, 0) is 23.1 Å². The predicted octanol–water partition coefficient (Wildman–Crippen LogP) is 2.18. The molecule has 2 N–H and O–H groups in total. The summed E-state index contributed by atoms with van der Waals surface area (Å²) in [5.74, 6) is 0. The van der Waals surface area contributed by atoms with Crippen LogP contribution in [0.25, 0.3) is 0 Å². The molecule has 8 heteroatoms. The van der Waals surface area contributed by atoms with Gasteiger partial charge < -0.3 is 5.32 Å². The fourth-order valence-electron chi connectivity index (χ4n) is 1.65. The van der Waals surface area contributed by atoms with E-state index in [-0.39, 0.29) is 6.54 Å². The van der Waals surface area contributed by atoms with E-state index in [9.17, 15) is 8.42 Å². The number of nitrogens with one attached hydrogen (secondary N) is 2. The fourth-order valence-corrected chi connectivity index (χ4v) is 4.70. The van der Waals surface area contributed by atoms with E-state index in [1.807, 2.05) is 5.38 Å². The minimum atomic E-state index is -3.47. The molecule has 2 aromatic rings. The molecule has 0 atom stereocenters. The molecule has 0 amide bonds.